The molecule has 0 saturated carbocycles. The molecule has 1 N–H and O–H groups in total. The zero-order valence-electron chi connectivity index (χ0n) is 19.1. The number of carbonyl (C=O) groups is 1. The van der Waals surface area contributed by atoms with Crippen molar-refractivity contribution >= 4 is 33.7 Å². The maximum absolute atomic E-state index is 12.8. The molecular formula is C28H25N3O2S. The number of hydrogen-bond donors (Lipinski definition) is 1. The molecule has 170 valence electrons. The van der Waals surface area contributed by atoms with Gasteiger partial charge in [0, 0.05) is 11.8 Å². The van der Waals surface area contributed by atoms with Crippen LogP contribution < -0.4 is 10.1 Å². The van der Waals surface area contributed by atoms with E-state index in [0.717, 1.165) is 11.3 Å². The normalized spacial score (nSPS) is 11.0. The summed E-state index contributed by atoms with van der Waals surface area (Å²) in [6, 6.07) is 22.6. The van der Waals surface area contributed by atoms with Gasteiger partial charge in [0.05, 0.1) is 23.3 Å². The minimum absolute atomic E-state index is 0.146. The lowest BCUT2D eigenvalue weighted by atomic mass is 10.0. The molecule has 2 aromatic heterocycles. The molecule has 0 saturated heterocycles. The Balaban J connectivity index is 1.21. The molecular weight excluding hydrogens is 442 g/mol. The number of aryl methyl sites for hydroxylation is 2. The van der Waals surface area contributed by atoms with Crippen molar-refractivity contribution in [3.8, 4) is 5.75 Å². The largest absolute Gasteiger partial charge is 0.489 e. The van der Waals surface area contributed by atoms with Gasteiger partial charge in [-0.1, -0.05) is 48.5 Å². The van der Waals surface area contributed by atoms with Gasteiger partial charge in [0.25, 0.3) is 5.91 Å². The van der Waals surface area contributed by atoms with Crippen LogP contribution in [-0.4, -0.2) is 15.7 Å². The van der Waals surface area contributed by atoms with Crippen molar-refractivity contribution in [2.24, 2.45) is 0 Å². The van der Waals surface area contributed by atoms with E-state index in [1.807, 2.05) is 46.6 Å². The molecule has 3 aromatic carbocycles. The van der Waals surface area contributed by atoms with Gasteiger partial charge in [-0.25, -0.2) is 0 Å². The summed E-state index contributed by atoms with van der Waals surface area (Å²) in [7, 11) is 0. The Morgan fingerprint density at radius 2 is 1.82 bits per heavy atom. The number of anilines is 1. The van der Waals surface area contributed by atoms with Gasteiger partial charge >= 0.3 is 0 Å². The van der Waals surface area contributed by atoms with Crippen LogP contribution in [0.2, 0.25) is 0 Å². The molecule has 0 bridgehead atoms. The van der Waals surface area contributed by atoms with Gasteiger partial charge in [-0.05, 0) is 64.9 Å². The number of aromatic nitrogens is 2. The average molecular weight is 468 g/mol. The molecule has 5 rings (SSSR count). The summed E-state index contributed by atoms with van der Waals surface area (Å²) >= 11 is 1.41. The van der Waals surface area contributed by atoms with Crippen molar-refractivity contribution < 1.29 is 9.53 Å². The monoisotopic (exact) mass is 467 g/mol. The first-order chi connectivity index (χ1) is 16.5. The van der Waals surface area contributed by atoms with Crippen LogP contribution in [-0.2, 0) is 13.2 Å². The van der Waals surface area contributed by atoms with Gasteiger partial charge in [-0.3, -0.25) is 9.48 Å². The molecule has 1 amide bonds. The first kappa shape index (κ1) is 21.9. The summed E-state index contributed by atoms with van der Waals surface area (Å²) in [5.41, 5.74) is 5.17. The number of hydrogen-bond acceptors (Lipinski definition) is 4. The summed E-state index contributed by atoms with van der Waals surface area (Å²) in [6.07, 6.45) is 3.54. The molecule has 0 atom stereocenters. The molecule has 0 aliphatic carbocycles. The lowest BCUT2D eigenvalue weighted by Crippen LogP contribution is -2.09. The fourth-order valence-corrected chi connectivity index (χ4v) is 4.86. The summed E-state index contributed by atoms with van der Waals surface area (Å²) in [6.45, 7) is 5.17. The molecule has 5 aromatic rings. The number of nitrogens with one attached hydrogen (secondary N) is 1. The predicted molar refractivity (Wildman–Crippen MR) is 138 cm³/mol. The number of nitrogens with zero attached hydrogens (tertiary/aromatic N) is 2. The molecule has 34 heavy (non-hydrogen) atoms. The highest BCUT2D eigenvalue weighted by Gasteiger charge is 2.12. The molecule has 0 unspecified atom stereocenters. The zero-order chi connectivity index (χ0) is 23.5. The number of ether oxygens (including phenoxy) is 1. The lowest BCUT2D eigenvalue weighted by Gasteiger charge is -2.07. The van der Waals surface area contributed by atoms with E-state index in [-0.39, 0.29) is 5.91 Å². The number of fused-ring (bicyclic) bond motifs is 1. The van der Waals surface area contributed by atoms with Crippen molar-refractivity contribution in [1.82, 2.24) is 9.78 Å². The van der Waals surface area contributed by atoms with E-state index in [0.29, 0.717) is 23.7 Å². The predicted octanol–water partition coefficient (Wildman–Crippen LogP) is 6.59. The first-order valence-electron chi connectivity index (χ1n) is 11.1. The summed E-state index contributed by atoms with van der Waals surface area (Å²) in [4.78, 5) is 13.4. The average Bonchev–Trinajstić information content (AvgIpc) is 3.47. The fraction of sp³-hybridized carbons (Fsp3) is 0.143. The molecule has 6 heteroatoms. The van der Waals surface area contributed by atoms with Crippen LogP contribution in [0.5, 0.6) is 5.75 Å². The van der Waals surface area contributed by atoms with Crippen LogP contribution >= 0.6 is 11.3 Å². The summed E-state index contributed by atoms with van der Waals surface area (Å²) < 4.78 is 7.76. The van der Waals surface area contributed by atoms with Gasteiger partial charge in [0.1, 0.15) is 12.4 Å². The Labute approximate surface area is 202 Å². The number of carbonyl (C=O) groups excluding carboxylic acids is 1. The van der Waals surface area contributed by atoms with Crippen LogP contribution in [0.3, 0.4) is 0 Å². The van der Waals surface area contributed by atoms with Crippen LogP contribution in [0.4, 0.5) is 5.69 Å². The zero-order valence-corrected chi connectivity index (χ0v) is 19.9. The van der Waals surface area contributed by atoms with E-state index < -0.39 is 0 Å². The van der Waals surface area contributed by atoms with Crippen molar-refractivity contribution in [3.05, 3.63) is 112 Å². The fourth-order valence-electron chi connectivity index (χ4n) is 4.07. The third-order valence-electron chi connectivity index (χ3n) is 5.58. The third kappa shape index (κ3) is 5.02. The molecule has 5 nitrogen and oxygen atoms in total. The quantitative estimate of drug-likeness (QED) is 0.294. The standard InChI is InChI=1S/C28H25N3O2S/c1-19-10-20(2)12-25(11-19)33-17-21-13-27(34-18-21)28(32)30-24-14-29-31(16-24)15-23-8-5-7-22-6-3-4-9-26(22)23/h3-14,16,18H,15,17H2,1-2H3,(H,30,32). The van der Waals surface area contributed by atoms with Crippen molar-refractivity contribution in [2.75, 3.05) is 5.32 Å². The number of amides is 1. The van der Waals surface area contributed by atoms with E-state index >= 15 is 0 Å². The van der Waals surface area contributed by atoms with E-state index in [9.17, 15) is 4.79 Å². The summed E-state index contributed by atoms with van der Waals surface area (Å²) in [5.74, 6) is 0.695. The number of benzene rings is 3. The Morgan fingerprint density at radius 1 is 1.03 bits per heavy atom. The summed E-state index contributed by atoms with van der Waals surface area (Å²) in [5, 5.41) is 11.8. The van der Waals surface area contributed by atoms with E-state index in [4.69, 9.17) is 4.74 Å². The Kier molecular flexibility index (Phi) is 6.14. The van der Waals surface area contributed by atoms with Gasteiger partial charge < -0.3 is 10.1 Å². The smallest absolute Gasteiger partial charge is 0.265 e. The molecule has 0 spiro atoms. The topological polar surface area (TPSA) is 56.1 Å². The van der Waals surface area contributed by atoms with Crippen LogP contribution in [0.25, 0.3) is 10.8 Å². The third-order valence-corrected chi connectivity index (χ3v) is 6.56. The highest BCUT2D eigenvalue weighted by molar-refractivity contribution is 7.12. The maximum atomic E-state index is 12.8. The molecule has 2 heterocycles. The van der Waals surface area contributed by atoms with Crippen molar-refractivity contribution in [2.45, 2.75) is 27.0 Å². The number of thiophene rings is 1. The highest BCUT2D eigenvalue weighted by atomic mass is 32.1. The Morgan fingerprint density at radius 3 is 2.68 bits per heavy atom. The van der Waals surface area contributed by atoms with E-state index in [2.05, 4.69) is 60.7 Å². The molecule has 0 aliphatic rings. The Bertz CT molecular complexity index is 1440. The lowest BCUT2D eigenvalue weighted by molar-refractivity contribution is 0.103. The minimum Gasteiger partial charge on any atom is -0.489 e. The van der Waals surface area contributed by atoms with Crippen LogP contribution in [0, 0.1) is 13.8 Å². The van der Waals surface area contributed by atoms with Crippen LogP contribution in [0.15, 0.2) is 84.5 Å². The van der Waals surface area contributed by atoms with Crippen molar-refractivity contribution in [3.63, 3.8) is 0 Å². The van der Waals surface area contributed by atoms with Crippen LogP contribution in [0.1, 0.15) is 31.9 Å². The second-order valence-corrected chi connectivity index (χ2v) is 9.36. The first-order valence-corrected chi connectivity index (χ1v) is 12.0. The Hall–Kier alpha value is -3.90. The molecule has 0 aliphatic heterocycles. The second kappa shape index (κ2) is 9.53. The van der Waals surface area contributed by atoms with Gasteiger partial charge in [-0.2, -0.15) is 5.10 Å². The van der Waals surface area contributed by atoms with E-state index in [1.165, 1.54) is 38.8 Å². The maximum Gasteiger partial charge on any atom is 0.265 e. The SMILES string of the molecule is Cc1cc(C)cc(OCc2csc(C(=O)Nc3cnn(Cc4cccc5ccccc45)c3)c2)c1. The van der Waals surface area contributed by atoms with Gasteiger partial charge in [0.15, 0.2) is 0 Å². The second-order valence-electron chi connectivity index (χ2n) is 8.45. The van der Waals surface area contributed by atoms with Gasteiger partial charge in [0.2, 0.25) is 0 Å². The minimum atomic E-state index is -0.146. The van der Waals surface area contributed by atoms with Gasteiger partial charge in [-0.15, -0.1) is 11.3 Å². The number of rotatable bonds is 7. The molecule has 0 radical (unpaired) electrons. The van der Waals surface area contributed by atoms with E-state index in [1.54, 1.807) is 6.20 Å². The highest BCUT2D eigenvalue weighted by Crippen LogP contribution is 2.22. The van der Waals surface area contributed by atoms with Crippen molar-refractivity contribution in [1.29, 1.82) is 0 Å². The molecule has 0 fully saturated rings.